The minimum Gasteiger partial charge on any atom is -0.272 e. The van der Waals surface area contributed by atoms with Gasteiger partial charge in [0, 0.05) is 0 Å². The Morgan fingerprint density at radius 3 is 2.00 bits per heavy atom. The van der Waals surface area contributed by atoms with E-state index in [1.165, 1.54) is 0 Å². The van der Waals surface area contributed by atoms with Crippen molar-refractivity contribution in [2.45, 2.75) is 5.92 Å². The topological polar surface area (TPSA) is 46.9 Å². The van der Waals surface area contributed by atoms with E-state index in [1.54, 1.807) is 11.0 Å². The number of amides is 1. The number of aromatic nitrogens is 2. The zero-order chi connectivity index (χ0) is 17.1. The van der Waals surface area contributed by atoms with Crippen LogP contribution in [0.2, 0.25) is 0 Å². The van der Waals surface area contributed by atoms with Crippen molar-refractivity contribution < 1.29 is 4.79 Å². The van der Waals surface area contributed by atoms with Gasteiger partial charge in [-0.3, -0.25) is 10.2 Å². The summed E-state index contributed by atoms with van der Waals surface area (Å²) >= 11 is 0. The molecular weight excluding hydrogens is 310 g/mol. The molecule has 25 heavy (non-hydrogen) atoms. The molecule has 1 heterocycles. The van der Waals surface area contributed by atoms with Gasteiger partial charge >= 0.3 is 0 Å². The first kappa shape index (κ1) is 15.1. The molecule has 1 N–H and O–H groups in total. The number of hydrogen-bond acceptors (Lipinski definition) is 2. The molecule has 1 amide bonds. The van der Waals surface area contributed by atoms with E-state index in [4.69, 9.17) is 0 Å². The summed E-state index contributed by atoms with van der Waals surface area (Å²) in [6.45, 7) is 0. The number of nitrogens with zero attached hydrogens (tertiary/aromatic N) is 2. The number of para-hydroxylation sites is 2. The summed E-state index contributed by atoms with van der Waals surface area (Å²) in [4.78, 5) is 17.4. The maximum atomic E-state index is 13.1. The van der Waals surface area contributed by atoms with Crippen LogP contribution >= 0.6 is 0 Å². The Bertz CT molecular complexity index is 954. The van der Waals surface area contributed by atoms with Gasteiger partial charge in [0.1, 0.15) is 6.33 Å². The summed E-state index contributed by atoms with van der Waals surface area (Å²) in [6, 6.07) is 27.3. The molecule has 0 radical (unpaired) electrons. The van der Waals surface area contributed by atoms with Gasteiger partial charge in [-0.15, -0.1) is 0 Å². The molecule has 0 aliphatic heterocycles. The third-order valence-electron chi connectivity index (χ3n) is 4.21. The Labute approximate surface area is 145 Å². The van der Waals surface area contributed by atoms with Crippen LogP contribution in [-0.4, -0.2) is 15.6 Å². The van der Waals surface area contributed by atoms with Crippen LogP contribution in [-0.2, 0) is 4.79 Å². The molecule has 4 aromatic rings. The van der Waals surface area contributed by atoms with Gasteiger partial charge in [0.25, 0.3) is 5.91 Å². The van der Waals surface area contributed by atoms with Crippen molar-refractivity contribution in [3.8, 4) is 0 Å². The van der Waals surface area contributed by atoms with E-state index in [-0.39, 0.29) is 11.8 Å². The lowest BCUT2D eigenvalue weighted by Gasteiger charge is -2.18. The summed E-state index contributed by atoms with van der Waals surface area (Å²) in [5.41, 5.74) is 6.60. The van der Waals surface area contributed by atoms with Crippen molar-refractivity contribution >= 4 is 16.9 Å². The molecule has 1 aromatic heterocycles. The van der Waals surface area contributed by atoms with Crippen molar-refractivity contribution in [2.24, 2.45) is 0 Å². The fourth-order valence-corrected chi connectivity index (χ4v) is 3.02. The van der Waals surface area contributed by atoms with Gasteiger partial charge < -0.3 is 0 Å². The van der Waals surface area contributed by atoms with Gasteiger partial charge in [-0.05, 0) is 23.3 Å². The monoisotopic (exact) mass is 327 g/mol. The molecule has 0 bridgehead atoms. The predicted molar refractivity (Wildman–Crippen MR) is 98.8 cm³/mol. The first-order valence-corrected chi connectivity index (χ1v) is 8.16. The smallest absolute Gasteiger partial charge is 0.250 e. The van der Waals surface area contributed by atoms with Crippen LogP contribution in [0.15, 0.2) is 91.3 Å². The van der Waals surface area contributed by atoms with Gasteiger partial charge in [-0.25, -0.2) is 9.66 Å². The standard InChI is InChI=1S/C21H17N3O/c25-21(23-24-15-22-18-13-7-8-14-19(18)24)20(16-9-3-1-4-10-16)17-11-5-2-6-12-17/h1-15,20H,(H,23,25). The Morgan fingerprint density at radius 1 is 0.800 bits per heavy atom. The van der Waals surface area contributed by atoms with Crippen LogP contribution in [0.3, 0.4) is 0 Å². The normalized spacial score (nSPS) is 10.9. The number of fused-ring (bicyclic) bond motifs is 1. The highest BCUT2D eigenvalue weighted by Gasteiger charge is 2.23. The average molecular weight is 327 g/mol. The number of nitrogens with one attached hydrogen (secondary N) is 1. The van der Waals surface area contributed by atoms with Crippen molar-refractivity contribution in [1.82, 2.24) is 9.66 Å². The number of carbonyl (C=O) groups is 1. The molecular formula is C21H17N3O. The highest BCUT2D eigenvalue weighted by atomic mass is 16.2. The molecule has 4 nitrogen and oxygen atoms in total. The minimum atomic E-state index is -0.386. The zero-order valence-electron chi connectivity index (χ0n) is 13.5. The molecule has 122 valence electrons. The Hall–Kier alpha value is -3.40. The lowest BCUT2D eigenvalue weighted by Crippen LogP contribution is -2.28. The van der Waals surface area contributed by atoms with E-state index in [9.17, 15) is 4.79 Å². The van der Waals surface area contributed by atoms with Gasteiger partial charge in [0.05, 0.1) is 17.0 Å². The quantitative estimate of drug-likeness (QED) is 0.617. The summed E-state index contributed by atoms with van der Waals surface area (Å²) < 4.78 is 1.68. The third kappa shape index (κ3) is 3.02. The molecule has 0 fully saturated rings. The van der Waals surface area contributed by atoms with E-state index in [1.807, 2.05) is 84.9 Å². The summed E-state index contributed by atoms with van der Waals surface area (Å²) in [5.74, 6) is -0.482. The lowest BCUT2D eigenvalue weighted by atomic mass is 9.91. The number of carbonyl (C=O) groups excluding carboxylic acids is 1. The molecule has 4 heteroatoms. The number of imidazole rings is 1. The van der Waals surface area contributed by atoms with E-state index < -0.39 is 0 Å². The van der Waals surface area contributed by atoms with Gasteiger partial charge in [0.15, 0.2) is 0 Å². The average Bonchev–Trinajstić information content (AvgIpc) is 3.07. The van der Waals surface area contributed by atoms with Gasteiger partial charge in [-0.1, -0.05) is 72.8 Å². The minimum absolute atomic E-state index is 0.0967. The van der Waals surface area contributed by atoms with Gasteiger partial charge in [-0.2, -0.15) is 0 Å². The fraction of sp³-hybridized carbons (Fsp3) is 0.0476. The third-order valence-corrected chi connectivity index (χ3v) is 4.21. The lowest BCUT2D eigenvalue weighted by molar-refractivity contribution is -0.117. The van der Waals surface area contributed by atoms with Crippen LogP contribution in [0, 0.1) is 0 Å². The molecule has 0 unspecified atom stereocenters. The van der Waals surface area contributed by atoms with Crippen molar-refractivity contribution in [3.05, 3.63) is 102 Å². The number of benzene rings is 3. The summed E-state index contributed by atoms with van der Waals surface area (Å²) in [7, 11) is 0. The molecule has 0 aliphatic carbocycles. The fourth-order valence-electron chi connectivity index (χ4n) is 3.02. The predicted octanol–water partition coefficient (Wildman–Crippen LogP) is 3.94. The van der Waals surface area contributed by atoms with Crippen LogP contribution in [0.25, 0.3) is 11.0 Å². The molecule has 0 aliphatic rings. The maximum absolute atomic E-state index is 13.1. The summed E-state index contributed by atoms with van der Waals surface area (Å²) in [5, 5.41) is 0. The van der Waals surface area contributed by atoms with Crippen LogP contribution in [0.5, 0.6) is 0 Å². The number of hydrogen-bond donors (Lipinski definition) is 1. The van der Waals surface area contributed by atoms with E-state index >= 15 is 0 Å². The Kier molecular flexibility index (Phi) is 4.01. The SMILES string of the molecule is O=C(Nn1cnc2ccccc21)C(c1ccccc1)c1ccccc1. The van der Waals surface area contributed by atoms with Crippen molar-refractivity contribution in [1.29, 1.82) is 0 Å². The van der Waals surface area contributed by atoms with Crippen molar-refractivity contribution in [2.75, 3.05) is 5.43 Å². The second-order valence-corrected chi connectivity index (χ2v) is 5.83. The molecule has 3 aromatic carbocycles. The van der Waals surface area contributed by atoms with Crippen LogP contribution in [0.4, 0.5) is 0 Å². The van der Waals surface area contributed by atoms with E-state index in [0.717, 1.165) is 22.2 Å². The molecule has 0 saturated heterocycles. The van der Waals surface area contributed by atoms with E-state index in [0.29, 0.717) is 0 Å². The number of rotatable bonds is 4. The second-order valence-electron chi connectivity index (χ2n) is 5.83. The second kappa shape index (κ2) is 6.61. The maximum Gasteiger partial charge on any atom is 0.250 e. The summed E-state index contributed by atoms with van der Waals surface area (Å²) in [6.07, 6.45) is 1.63. The van der Waals surface area contributed by atoms with E-state index in [2.05, 4.69) is 10.4 Å². The Morgan fingerprint density at radius 2 is 1.36 bits per heavy atom. The molecule has 4 rings (SSSR count). The first-order chi connectivity index (χ1) is 12.3. The highest BCUT2D eigenvalue weighted by Crippen LogP contribution is 2.25. The zero-order valence-corrected chi connectivity index (χ0v) is 13.5. The van der Waals surface area contributed by atoms with Crippen LogP contribution in [0.1, 0.15) is 17.0 Å². The van der Waals surface area contributed by atoms with Crippen molar-refractivity contribution in [3.63, 3.8) is 0 Å². The largest absolute Gasteiger partial charge is 0.272 e. The molecule has 0 spiro atoms. The molecule has 0 atom stereocenters. The Balaban J connectivity index is 1.71. The van der Waals surface area contributed by atoms with Crippen LogP contribution < -0.4 is 5.43 Å². The molecule has 0 saturated carbocycles. The highest BCUT2D eigenvalue weighted by molar-refractivity contribution is 5.94. The van der Waals surface area contributed by atoms with Gasteiger partial charge in [0.2, 0.25) is 0 Å². The first-order valence-electron chi connectivity index (χ1n) is 8.16.